The Morgan fingerprint density at radius 1 is 1.16 bits per heavy atom. The largest absolute Gasteiger partial charge is 0.433 e. The fourth-order valence-electron chi connectivity index (χ4n) is 4.41. The summed E-state index contributed by atoms with van der Waals surface area (Å²) >= 11 is 0. The van der Waals surface area contributed by atoms with E-state index < -0.39 is 17.9 Å². The second-order valence-electron chi connectivity index (χ2n) is 8.48. The molecule has 1 aromatic rings. The number of halogens is 3. The number of alkyl halides is 3. The molecule has 1 heterocycles. The highest BCUT2D eigenvalue weighted by atomic mass is 19.4. The summed E-state index contributed by atoms with van der Waals surface area (Å²) < 4.78 is 41.3. The molecule has 170 valence electrons. The molecule has 2 aliphatic carbocycles. The number of hydrogen-bond donors (Lipinski definition) is 1. The Labute approximate surface area is 181 Å². The predicted octanol–water partition coefficient (Wildman–Crippen LogP) is 4.75. The van der Waals surface area contributed by atoms with E-state index in [2.05, 4.69) is 28.4 Å². The molecule has 3 rings (SSSR count). The smallest absolute Gasteiger partial charge is 0.352 e. The fourth-order valence-corrected chi connectivity index (χ4v) is 4.41. The molecule has 1 amide bonds. The molecule has 0 aromatic carbocycles. The second kappa shape index (κ2) is 9.83. The molecule has 2 fully saturated rings. The Balaban J connectivity index is 2.02. The first-order valence-corrected chi connectivity index (χ1v) is 11.0. The minimum absolute atomic E-state index is 0.0198. The van der Waals surface area contributed by atoms with Crippen LogP contribution in [0.25, 0.3) is 0 Å². The van der Waals surface area contributed by atoms with Crippen molar-refractivity contribution in [1.82, 2.24) is 15.3 Å². The number of rotatable bonds is 9. The molecule has 0 bridgehead atoms. The van der Waals surface area contributed by atoms with Gasteiger partial charge in [-0.3, -0.25) is 4.79 Å². The monoisotopic (exact) mass is 436 g/mol. The average Bonchev–Trinajstić information content (AvgIpc) is 3.54. The first-order valence-electron chi connectivity index (χ1n) is 11.0. The third-order valence-electron chi connectivity index (χ3n) is 5.94. The van der Waals surface area contributed by atoms with E-state index in [0.29, 0.717) is 0 Å². The summed E-state index contributed by atoms with van der Waals surface area (Å²) in [7, 11) is 0. The van der Waals surface area contributed by atoms with Gasteiger partial charge >= 0.3 is 6.18 Å². The van der Waals surface area contributed by atoms with E-state index in [4.69, 9.17) is 0 Å². The Kier molecular flexibility index (Phi) is 7.38. The highest BCUT2D eigenvalue weighted by molar-refractivity contribution is 5.86. The number of allylic oxidation sites excluding steroid dienone is 1. The molecule has 1 aromatic heterocycles. The van der Waals surface area contributed by atoms with Crippen LogP contribution in [-0.4, -0.2) is 34.5 Å². The molecule has 2 saturated carbocycles. The van der Waals surface area contributed by atoms with Crippen molar-refractivity contribution in [2.45, 2.75) is 76.6 Å². The van der Waals surface area contributed by atoms with E-state index in [9.17, 15) is 18.0 Å². The maximum absolute atomic E-state index is 13.8. The molecule has 31 heavy (non-hydrogen) atoms. The zero-order valence-corrected chi connectivity index (χ0v) is 18.0. The molecular weight excluding hydrogens is 405 g/mol. The van der Waals surface area contributed by atoms with Crippen molar-refractivity contribution < 1.29 is 18.0 Å². The van der Waals surface area contributed by atoms with Gasteiger partial charge in [-0.15, -0.1) is 13.2 Å². The third kappa shape index (κ3) is 5.66. The lowest BCUT2D eigenvalue weighted by Gasteiger charge is -2.35. The number of hydrogen-bond acceptors (Lipinski definition) is 4. The molecule has 0 aliphatic heterocycles. The number of carbonyl (C=O) groups excluding carboxylic acids is 1. The van der Waals surface area contributed by atoms with Crippen LogP contribution in [-0.2, 0) is 17.4 Å². The van der Waals surface area contributed by atoms with Crippen LogP contribution < -0.4 is 10.2 Å². The summed E-state index contributed by atoms with van der Waals surface area (Å²) in [6.07, 6.45) is 5.30. The number of nitrogens with one attached hydrogen (secondary N) is 1. The number of anilines is 1. The van der Waals surface area contributed by atoms with E-state index >= 15 is 0 Å². The van der Waals surface area contributed by atoms with Gasteiger partial charge < -0.3 is 10.2 Å². The Hall–Kier alpha value is -2.38. The van der Waals surface area contributed by atoms with Crippen molar-refractivity contribution in [3.8, 4) is 0 Å². The normalized spacial score (nSPS) is 18.3. The molecule has 1 N–H and O–H groups in total. The highest BCUT2D eigenvalue weighted by Gasteiger charge is 2.44. The van der Waals surface area contributed by atoms with Crippen LogP contribution in [0.15, 0.2) is 25.3 Å². The van der Waals surface area contributed by atoms with Crippen LogP contribution in [0.2, 0.25) is 0 Å². The Morgan fingerprint density at radius 2 is 1.84 bits per heavy atom. The molecule has 2 aliphatic rings. The molecule has 1 atom stereocenters. The van der Waals surface area contributed by atoms with Gasteiger partial charge in [-0.25, -0.2) is 9.97 Å². The molecule has 1 unspecified atom stereocenters. The molecule has 0 saturated heterocycles. The minimum Gasteiger partial charge on any atom is -0.352 e. The number of aryl methyl sites for hydroxylation is 1. The summed E-state index contributed by atoms with van der Waals surface area (Å²) in [5.41, 5.74) is -1.02. The van der Waals surface area contributed by atoms with Gasteiger partial charge in [0.2, 0.25) is 5.91 Å². The van der Waals surface area contributed by atoms with Crippen molar-refractivity contribution in [2.75, 3.05) is 11.4 Å². The third-order valence-corrected chi connectivity index (χ3v) is 5.94. The molecule has 8 heteroatoms. The quantitative estimate of drug-likeness (QED) is 0.568. The fraction of sp³-hybridized carbons (Fsp3) is 0.609. The number of carbonyl (C=O) groups is 1. The summed E-state index contributed by atoms with van der Waals surface area (Å²) in [5.74, 6) is 0.122. The van der Waals surface area contributed by atoms with Crippen molar-refractivity contribution in [3.63, 3.8) is 0 Å². The Morgan fingerprint density at radius 3 is 2.39 bits per heavy atom. The van der Waals surface area contributed by atoms with Crippen LogP contribution in [0.4, 0.5) is 19.0 Å². The predicted molar refractivity (Wildman–Crippen MR) is 115 cm³/mol. The molecular formula is C23H31F3N4O. The van der Waals surface area contributed by atoms with Gasteiger partial charge in [0, 0.05) is 18.2 Å². The van der Waals surface area contributed by atoms with Gasteiger partial charge in [-0.1, -0.05) is 31.4 Å². The lowest BCUT2D eigenvalue weighted by molar-refractivity contribution is -0.141. The lowest BCUT2D eigenvalue weighted by atomic mass is 9.95. The van der Waals surface area contributed by atoms with Crippen LogP contribution in [0.1, 0.15) is 62.0 Å². The van der Waals surface area contributed by atoms with E-state index in [0.717, 1.165) is 38.5 Å². The Bertz CT molecular complexity index is 814. The van der Waals surface area contributed by atoms with Gasteiger partial charge in [0.05, 0.1) is 0 Å². The summed E-state index contributed by atoms with van der Waals surface area (Å²) in [6, 6.07) is -0.461. The number of aromatic nitrogens is 2. The van der Waals surface area contributed by atoms with Gasteiger partial charge in [0.25, 0.3) is 0 Å². The standard InChI is InChI=1S/C23H31F3N4O/c1-4-9-18-20(23(24,25)26)27-15(3)28-21(18)30(14-5-2)19(16-12-13-16)22(31)29-17-10-7-6-8-11-17/h4-5,16-17,19H,1-2,6-14H2,3H3,(H,29,31). The van der Waals surface area contributed by atoms with Crippen LogP contribution in [0, 0.1) is 12.8 Å². The van der Waals surface area contributed by atoms with Crippen LogP contribution >= 0.6 is 0 Å². The van der Waals surface area contributed by atoms with E-state index in [1.165, 1.54) is 19.4 Å². The van der Waals surface area contributed by atoms with Gasteiger partial charge in [0.1, 0.15) is 17.7 Å². The number of amides is 1. The van der Waals surface area contributed by atoms with Gasteiger partial charge in [-0.2, -0.15) is 13.2 Å². The zero-order valence-electron chi connectivity index (χ0n) is 18.0. The molecule has 0 spiro atoms. The van der Waals surface area contributed by atoms with Crippen molar-refractivity contribution >= 4 is 11.7 Å². The summed E-state index contributed by atoms with van der Waals surface area (Å²) in [5, 5.41) is 3.16. The first-order chi connectivity index (χ1) is 14.8. The first kappa shape index (κ1) is 23.3. The minimum atomic E-state index is -4.62. The summed E-state index contributed by atoms with van der Waals surface area (Å²) in [6.45, 7) is 9.05. The molecule has 0 radical (unpaired) electrons. The van der Waals surface area contributed by atoms with Crippen LogP contribution in [0.3, 0.4) is 0 Å². The molecule has 5 nitrogen and oxygen atoms in total. The van der Waals surface area contributed by atoms with E-state index in [1.807, 2.05) is 0 Å². The van der Waals surface area contributed by atoms with Crippen LogP contribution in [0.5, 0.6) is 0 Å². The highest BCUT2D eigenvalue weighted by Crippen LogP contribution is 2.40. The summed E-state index contributed by atoms with van der Waals surface area (Å²) in [4.78, 5) is 23.1. The van der Waals surface area contributed by atoms with Crippen molar-refractivity contribution in [3.05, 3.63) is 42.4 Å². The maximum atomic E-state index is 13.8. The van der Waals surface area contributed by atoms with Gasteiger partial charge in [0.15, 0.2) is 5.69 Å². The van der Waals surface area contributed by atoms with E-state index in [1.54, 1.807) is 11.0 Å². The maximum Gasteiger partial charge on any atom is 0.433 e. The lowest BCUT2D eigenvalue weighted by Crippen LogP contribution is -2.52. The number of nitrogens with zero attached hydrogens (tertiary/aromatic N) is 3. The SMILES string of the molecule is C=CCc1c(N(CC=C)C(C(=O)NC2CCCCC2)C2CC2)nc(C)nc1C(F)(F)F. The van der Waals surface area contributed by atoms with Crippen molar-refractivity contribution in [2.24, 2.45) is 5.92 Å². The topological polar surface area (TPSA) is 58.1 Å². The second-order valence-corrected chi connectivity index (χ2v) is 8.48. The van der Waals surface area contributed by atoms with Crippen molar-refractivity contribution in [1.29, 1.82) is 0 Å². The average molecular weight is 437 g/mol. The van der Waals surface area contributed by atoms with E-state index in [-0.39, 0.29) is 48.0 Å². The zero-order chi connectivity index (χ0) is 22.6. The van der Waals surface area contributed by atoms with Gasteiger partial charge in [-0.05, 0) is 44.9 Å².